The van der Waals surface area contributed by atoms with Gasteiger partial charge in [0.05, 0.1) is 18.5 Å². The molecule has 0 radical (unpaired) electrons. The highest BCUT2D eigenvalue weighted by atomic mass is 79.9. The summed E-state index contributed by atoms with van der Waals surface area (Å²) in [5.74, 6) is 0. The molecule has 0 unspecified atom stereocenters. The first-order valence-corrected chi connectivity index (χ1v) is 6.95. The Hall–Kier alpha value is -0.880. The molecule has 3 rings (SSSR count). The molecule has 6 heteroatoms. The van der Waals surface area contributed by atoms with Gasteiger partial charge < -0.3 is 9.64 Å². The lowest BCUT2D eigenvalue weighted by molar-refractivity contribution is 0.160. The fraction of sp³-hybridized carbons (Fsp3) is 0.667. The molecule has 2 aliphatic heterocycles. The Labute approximate surface area is 114 Å². The SMILES string of the molecule is Cn1ncc(N2CC[C@@]3(CCOC3)C2)c(Br)c1=O. The van der Waals surface area contributed by atoms with Gasteiger partial charge >= 0.3 is 0 Å². The van der Waals surface area contributed by atoms with Gasteiger partial charge in [0.15, 0.2) is 0 Å². The van der Waals surface area contributed by atoms with Crippen LogP contribution in [0, 0.1) is 5.41 Å². The van der Waals surface area contributed by atoms with Crippen molar-refractivity contribution in [3.8, 4) is 0 Å². The minimum atomic E-state index is -0.0869. The summed E-state index contributed by atoms with van der Waals surface area (Å²) in [5.41, 5.74) is 1.11. The van der Waals surface area contributed by atoms with Crippen LogP contribution in [0.3, 0.4) is 0 Å². The molecule has 1 aromatic rings. The molecule has 18 heavy (non-hydrogen) atoms. The van der Waals surface area contributed by atoms with Gasteiger partial charge in [-0.05, 0) is 28.8 Å². The van der Waals surface area contributed by atoms with Crippen LogP contribution < -0.4 is 10.5 Å². The smallest absolute Gasteiger partial charge is 0.282 e. The van der Waals surface area contributed by atoms with Crippen molar-refractivity contribution in [1.29, 1.82) is 0 Å². The Bertz CT molecular complexity index is 523. The third-order valence-electron chi connectivity index (χ3n) is 4.02. The van der Waals surface area contributed by atoms with E-state index in [1.165, 1.54) is 4.68 Å². The largest absolute Gasteiger partial charge is 0.381 e. The van der Waals surface area contributed by atoms with Crippen LogP contribution in [0.5, 0.6) is 0 Å². The Balaban J connectivity index is 1.89. The first kappa shape index (κ1) is 12.2. The number of aromatic nitrogens is 2. The molecular weight excluding hydrogens is 298 g/mol. The molecule has 1 atom stereocenters. The van der Waals surface area contributed by atoms with Gasteiger partial charge in [-0.3, -0.25) is 4.79 Å². The van der Waals surface area contributed by atoms with E-state index in [2.05, 4.69) is 25.9 Å². The molecule has 2 saturated heterocycles. The number of aryl methyl sites for hydroxylation is 1. The van der Waals surface area contributed by atoms with Crippen LogP contribution in [0.2, 0.25) is 0 Å². The minimum absolute atomic E-state index is 0.0869. The molecule has 0 amide bonds. The molecule has 0 bridgehead atoms. The summed E-state index contributed by atoms with van der Waals surface area (Å²) in [4.78, 5) is 14.1. The summed E-state index contributed by atoms with van der Waals surface area (Å²) in [5, 5.41) is 4.10. The fourth-order valence-corrected chi connectivity index (χ4v) is 3.44. The molecule has 0 aliphatic carbocycles. The van der Waals surface area contributed by atoms with E-state index >= 15 is 0 Å². The third kappa shape index (κ3) is 1.87. The average molecular weight is 314 g/mol. The van der Waals surface area contributed by atoms with E-state index in [4.69, 9.17) is 4.74 Å². The quantitative estimate of drug-likeness (QED) is 0.780. The Morgan fingerprint density at radius 1 is 1.50 bits per heavy atom. The summed E-state index contributed by atoms with van der Waals surface area (Å²) >= 11 is 3.39. The molecule has 2 fully saturated rings. The monoisotopic (exact) mass is 313 g/mol. The van der Waals surface area contributed by atoms with Crippen LogP contribution in [0.4, 0.5) is 5.69 Å². The molecule has 0 N–H and O–H groups in total. The van der Waals surface area contributed by atoms with Crippen molar-refractivity contribution in [3.05, 3.63) is 21.0 Å². The zero-order valence-electron chi connectivity index (χ0n) is 10.4. The van der Waals surface area contributed by atoms with Gasteiger partial charge in [-0.25, -0.2) is 4.68 Å². The van der Waals surface area contributed by atoms with E-state index in [0.717, 1.165) is 44.8 Å². The molecular formula is C12H16BrN3O2. The summed E-state index contributed by atoms with van der Waals surface area (Å²) in [7, 11) is 1.66. The molecule has 5 nitrogen and oxygen atoms in total. The standard InChI is InChI=1S/C12H16BrN3O2/c1-15-11(17)10(13)9(6-14-15)16-4-2-12(7-16)3-5-18-8-12/h6H,2-5,7-8H2,1H3/t12-/m1/s1. The second-order valence-corrected chi connectivity index (χ2v) is 6.04. The maximum absolute atomic E-state index is 11.9. The minimum Gasteiger partial charge on any atom is -0.381 e. The van der Waals surface area contributed by atoms with Crippen LogP contribution in [0.15, 0.2) is 15.5 Å². The van der Waals surface area contributed by atoms with E-state index in [9.17, 15) is 4.79 Å². The molecule has 98 valence electrons. The Kier molecular flexibility index (Phi) is 2.94. The third-order valence-corrected chi connectivity index (χ3v) is 4.77. The van der Waals surface area contributed by atoms with E-state index < -0.39 is 0 Å². The highest BCUT2D eigenvalue weighted by molar-refractivity contribution is 9.10. The zero-order chi connectivity index (χ0) is 12.8. The fourth-order valence-electron chi connectivity index (χ4n) is 2.83. The summed E-state index contributed by atoms with van der Waals surface area (Å²) in [6, 6.07) is 0. The van der Waals surface area contributed by atoms with Crippen molar-refractivity contribution in [2.45, 2.75) is 12.8 Å². The van der Waals surface area contributed by atoms with Crippen molar-refractivity contribution in [3.63, 3.8) is 0 Å². The first-order valence-electron chi connectivity index (χ1n) is 6.16. The number of halogens is 1. The normalized spacial score (nSPS) is 27.3. The van der Waals surface area contributed by atoms with E-state index in [0.29, 0.717) is 9.89 Å². The number of hydrogen-bond donors (Lipinski definition) is 0. The van der Waals surface area contributed by atoms with Gasteiger partial charge in [-0.15, -0.1) is 0 Å². The second-order valence-electron chi connectivity index (χ2n) is 5.25. The number of nitrogens with zero attached hydrogens (tertiary/aromatic N) is 3. The van der Waals surface area contributed by atoms with Crippen LogP contribution in [0.25, 0.3) is 0 Å². The molecule has 2 aliphatic rings. The highest BCUT2D eigenvalue weighted by Gasteiger charge is 2.41. The second kappa shape index (κ2) is 4.35. The predicted molar refractivity (Wildman–Crippen MR) is 71.9 cm³/mol. The lowest BCUT2D eigenvalue weighted by Crippen LogP contribution is -2.30. The van der Waals surface area contributed by atoms with Crippen LogP contribution in [-0.2, 0) is 11.8 Å². The number of ether oxygens (including phenoxy) is 1. The van der Waals surface area contributed by atoms with Gasteiger partial charge in [0, 0.05) is 32.2 Å². The number of hydrogen-bond acceptors (Lipinski definition) is 4. The summed E-state index contributed by atoms with van der Waals surface area (Å²) in [6.07, 6.45) is 4.02. The lowest BCUT2D eigenvalue weighted by Gasteiger charge is -2.23. The molecule has 0 aromatic carbocycles. The lowest BCUT2D eigenvalue weighted by atomic mass is 9.87. The van der Waals surface area contributed by atoms with Gasteiger partial charge in [-0.1, -0.05) is 0 Å². The summed E-state index contributed by atoms with van der Waals surface area (Å²) < 4.78 is 7.47. The number of anilines is 1. The van der Waals surface area contributed by atoms with Gasteiger partial charge in [-0.2, -0.15) is 5.10 Å². The van der Waals surface area contributed by atoms with Crippen LogP contribution in [0.1, 0.15) is 12.8 Å². The molecule has 0 saturated carbocycles. The number of rotatable bonds is 1. The Morgan fingerprint density at radius 3 is 3.06 bits per heavy atom. The van der Waals surface area contributed by atoms with Crippen LogP contribution >= 0.6 is 15.9 Å². The molecule has 3 heterocycles. The van der Waals surface area contributed by atoms with E-state index in [1.807, 2.05) is 0 Å². The van der Waals surface area contributed by atoms with Crippen molar-refractivity contribution in [2.24, 2.45) is 12.5 Å². The van der Waals surface area contributed by atoms with Crippen molar-refractivity contribution >= 4 is 21.6 Å². The van der Waals surface area contributed by atoms with Gasteiger partial charge in [0.25, 0.3) is 5.56 Å². The summed E-state index contributed by atoms with van der Waals surface area (Å²) in [6.45, 7) is 3.64. The van der Waals surface area contributed by atoms with Crippen LogP contribution in [-0.4, -0.2) is 36.1 Å². The zero-order valence-corrected chi connectivity index (χ0v) is 11.9. The van der Waals surface area contributed by atoms with Gasteiger partial charge in [0.2, 0.25) is 0 Å². The maximum Gasteiger partial charge on any atom is 0.282 e. The van der Waals surface area contributed by atoms with Crippen molar-refractivity contribution < 1.29 is 4.74 Å². The first-order chi connectivity index (χ1) is 8.61. The highest BCUT2D eigenvalue weighted by Crippen LogP contribution is 2.40. The maximum atomic E-state index is 11.9. The topological polar surface area (TPSA) is 47.4 Å². The van der Waals surface area contributed by atoms with E-state index in [-0.39, 0.29) is 5.56 Å². The van der Waals surface area contributed by atoms with Crippen molar-refractivity contribution in [2.75, 3.05) is 31.2 Å². The van der Waals surface area contributed by atoms with E-state index in [1.54, 1.807) is 13.2 Å². The van der Waals surface area contributed by atoms with Gasteiger partial charge in [0.1, 0.15) is 4.47 Å². The Morgan fingerprint density at radius 2 is 2.33 bits per heavy atom. The molecule has 1 spiro atoms. The van der Waals surface area contributed by atoms with Crippen molar-refractivity contribution in [1.82, 2.24) is 9.78 Å². The average Bonchev–Trinajstić information content (AvgIpc) is 2.98. The predicted octanol–water partition coefficient (Wildman–Crippen LogP) is 1.16. The molecule has 1 aromatic heterocycles.